The molecule has 0 spiro atoms. The van der Waals surface area contributed by atoms with E-state index in [2.05, 4.69) is 33.4 Å². The smallest absolute Gasteiger partial charge is 0.240 e. The number of carbonyl (C=O) groups is 2. The van der Waals surface area contributed by atoms with E-state index >= 15 is 0 Å². The van der Waals surface area contributed by atoms with Gasteiger partial charge in [0.05, 0.1) is 19.9 Å². The summed E-state index contributed by atoms with van der Waals surface area (Å²) in [5.41, 5.74) is 5.66. The zero-order valence-corrected chi connectivity index (χ0v) is 21.0. The number of hydrogen-bond donors (Lipinski definition) is 2. The summed E-state index contributed by atoms with van der Waals surface area (Å²) in [6.07, 6.45) is 7.15. The van der Waals surface area contributed by atoms with E-state index in [0.717, 1.165) is 52.9 Å². The molecule has 1 fully saturated rings. The summed E-state index contributed by atoms with van der Waals surface area (Å²) < 4.78 is 13.1. The van der Waals surface area contributed by atoms with Crippen molar-refractivity contribution in [2.24, 2.45) is 11.8 Å². The summed E-state index contributed by atoms with van der Waals surface area (Å²) in [7, 11) is 1.64. The molecule has 7 heteroatoms. The van der Waals surface area contributed by atoms with Gasteiger partial charge in [-0.05, 0) is 55.0 Å². The Kier molecular flexibility index (Phi) is 6.20. The first-order valence-electron chi connectivity index (χ1n) is 12.9. The van der Waals surface area contributed by atoms with Crippen LogP contribution < -0.4 is 15.4 Å². The van der Waals surface area contributed by atoms with Crippen molar-refractivity contribution < 1.29 is 19.1 Å². The summed E-state index contributed by atoms with van der Waals surface area (Å²) in [5, 5.41) is 7.24. The quantitative estimate of drug-likeness (QED) is 0.493. The van der Waals surface area contributed by atoms with Crippen LogP contribution in [0, 0.1) is 11.8 Å². The second-order valence-electron chi connectivity index (χ2n) is 10.0. The monoisotopic (exact) mass is 497 g/mol. The number of rotatable bonds is 8. The van der Waals surface area contributed by atoms with E-state index in [-0.39, 0.29) is 24.3 Å². The Hall–Kier alpha value is -4.00. The first-order valence-corrected chi connectivity index (χ1v) is 12.9. The number of carbonyl (C=O) groups excluding carboxylic acids is 2. The van der Waals surface area contributed by atoms with E-state index in [4.69, 9.17) is 9.47 Å². The molecule has 2 unspecified atom stereocenters. The lowest BCUT2D eigenvalue weighted by molar-refractivity contribution is -0.125. The van der Waals surface area contributed by atoms with Crippen molar-refractivity contribution in [1.29, 1.82) is 0 Å². The number of benzene rings is 2. The number of hydrogen-bond acceptors (Lipinski definition) is 4. The average Bonchev–Trinajstić information content (AvgIpc) is 3.66. The molecule has 2 amide bonds. The van der Waals surface area contributed by atoms with Gasteiger partial charge in [0.2, 0.25) is 11.8 Å². The fourth-order valence-electron chi connectivity index (χ4n) is 5.58. The van der Waals surface area contributed by atoms with Gasteiger partial charge in [-0.1, -0.05) is 36.4 Å². The van der Waals surface area contributed by atoms with Crippen LogP contribution in [0.25, 0.3) is 10.9 Å². The fraction of sp³-hybridized carbons (Fsp3) is 0.333. The molecule has 2 N–H and O–H groups in total. The number of methoxy groups -OCH3 is 1. The lowest BCUT2D eigenvalue weighted by Crippen LogP contribution is -2.34. The maximum absolute atomic E-state index is 13.1. The molecular formula is C30H31N3O4. The number of nitrogens with one attached hydrogen (secondary N) is 2. The van der Waals surface area contributed by atoms with Crippen LogP contribution in [0.3, 0.4) is 0 Å². The fourth-order valence-corrected chi connectivity index (χ4v) is 5.58. The molecule has 2 heterocycles. The number of fused-ring (bicyclic) bond motifs is 4. The van der Waals surface area contributed by atoms with E-state index < -0.39 is 0 Å². The Labute approximate surface area is 216 Å². The SMILES string of the molecule is COc1ccccc1CNC(=O)C1CCc2c(c3ccccc3n2CC(=O)NCC2=CC3CC3=CO2)C1. The topological polar surface area (TPSA) is 81.6 Å². The van der Waals surface area contributed by atoms with Gasteiger partial charge in [-0.25, -0.2) is 0 Å². The minimum absolute atomic E-state index is 0.0460. The van der Waals surface area contributed by atoms with E-state index in [1.807, 2.05) is 42.7 Å². The Balaban J connectivity index is 1.14. The lowest BCUT2D eigenvalue weighted by Gasteiger charge is -2.24. The standard InChI is InChI=1S/C30H31N3O4/c1-36-28-9-5-2-6-20(28)15-32-30(35)19-10-11-27-25(14-19)24-7-3-4-8-26(24)33(27)17-29(34)31-16-23-13-21-12-22(21)18-37-23/h2-9,13,18-19,21H,10-12,14-17H2,1H3,(H,31,34)(H,32,35). The molecule has 190 valence electrons. The maximum atomic E-state index is 13.1. The Morgan fingerprint density at radius 3 is 2.76 bits per heavy atom. The van der Waals surface area contributed by atoms with Gasteiger partial charge in [-0.15, -0.1) is 0 Å². The highest BCUT2D eigenvalue weighted by Crippen LogP contribution is 2.42. The number of ether oxygens (including phenoxy) is 2. The predicted octanol–water partition coefficient (Wildman–Crippen LogP) is 4.01. The minimum atomic E-state index is -0.106. The third kappa shape index (κ3) is 4.73. The van der Waals surface area contributed by atoms with Crippen molar-refractivity contribution >= 4 is 22.7 Å². The Bertz CT molecular complexity index is 1430. The van der Waals surface area contributed by atoms with E-state index in [9.17, 15) is 9.59 Å². The van der Waals surface area contributed by atoms with Crippen LogP contribution in [0.2, 0.25) is 0 Å². The third-order valence-electron chi connectivity index (χ3n) is 7.67. The summed E-state index contributed by atoms with van der Waals surface area (Å²) >= 11 is 0. The zero-order valence-electron chi connectivity index (χ0n) is 21.0. The largest absolute Gasteiger partial charge is 0.496 e. The molecule has 1 saturated carbocycles. The highest BCUT2D eigenvalue weighted by atomic mass is 16.5. The molecule has 7 nitrogen and oxygen atoms in total. The molecule has 3 aliphatic rings. The van der Waals surface area contributed by atoms with Crippen LogP contribution in [0.15, 0.2) is 72.2 Å². The summed E-state index contributed by atoms with van der Waals surface area (Å²) in [6, 6.07) is 15.9. The molecule has 0 radical (unpaired) electrons. The van der Waals surface area contributed by atoms with Gasteiger partial charge in [0.15, 0.2) is 0 Å². The van der Waals surface area contributed by atoms with Gasteiger partial charge in [0, 0.05) is 40.5 Å². The zero-order chi connectivity index (χ0) is 25.4. The molecule has 3 aromatic rings. The van der Waals surface area contributed by atoms with Crippen molar-refractivity contribution in [2.75, 3.05) is 13.7 Å². The average molecular weight is 498 g/mol. The second-order valence-corrected chi connectivity index (χ2v) is 10.0. The highest BCUT2D eigenvalue weighted by Gasteiger charge is 2.32. The molecule has 2 atom stereocenters. The molecule has 2 aliphatic carbocycles. The van der Waals surface area contributed by atoms with Crippen molar-refractivity contribution in [1.82, 2.24) is 15.2 Å². The first kappa shape index (κ1) is 23.4. The second kappa shape index (κ2) is 9.81. The van der Waals surface area contributed by atoms with Gasteiger partial charge < -0.3 is 24.7 Å². The Morgan fingerprint density at radius 1 is 1.05 bits per heavy atom. The van der Waals surface area contributed by atoms with Crippen LogP contribution in [0.1, 0.15) is 29.7 Å². The molecular weight excluding hydrogens is 466 g/mol. The molecule has 1 aromatic heterocycles. The van der Waals surface area contributed by atoms with Gasteiger partial charge in [-0.3, -0.25) is 9.59 Å². The van der Waals surface area contributed by atoms with Gasteiger partial charge in [-0.2, -0.15) is 0 Å². The minimum Gasteiger partial charge on any atom is -0.496 e. The molecule has 1 aliphatic heterocycles. The molecule has 6 rings (SSSR count). The summed E-state index contributed by atoms with van der Waals surface area (Å²) in [5.74, 6) is 1.98. The summed E-state index contributed by atoms with van der Waals surface area (Å²) in [6.45, 7) is 1.08. The van der Waals surface area contributed by atoms with Crippen molar-refractivity contribution in [3.8, 4) is 5.75 Å². The van der Waals surface area contributed by atoms with E-state index in [1.54, 1.807) is 7.11 Å². The normalized spacial score (nSPS) is 19.6. The van der Waals surface area contributed by atoms with Crippen LogP contribution in [-0.4, -0.2) is 30.0 Å². The molecule has 37 heavy (non-hydrogen) atoms. The van der Waals surface area contributed by atoms with Gasteiger partial charge in [0.1, 0.15) is 18.1 Å². The Morgan fingerprint density at radius 2 is 1.89 bits per heavy atom. The third-order valence-corrected chi connectivity index (χ3v) is 7.67. The van der Waals surface area contributed by atoms with Crippen molar-refractivity contribution in [3.63, 3.8) is 0 Å². The lowest BCUT2D eigenvalue weighted by atomic mass is 9.85. The van der Waals surface area contributed by atoms with E-state index in [0.29, 0.717) is 25.4 Å². The molecule has 0 saturated heterocycles. The van der Waals surface area contributed by atoms with Crippen LogP contribution in [0.4, 0.5) is 0 Å². The first-order chi connectivity index (χ1) is 18.1. The molecule has 2 aromatic carbocycles. The predicted molar refractivity (Wildman–Crippen MR) is 141 cm³/mol. The molecule has 0 bridgehead atoms. The maximum Gasteiger partial charge on any atom is 0.240 e. The van der Waals surface area contributed by atoms with Crippen LogP contribution in [-0.2, 0) is 40.3 Å². The highest BCUT2D eigenvalue weighted by molar-refractivity contribution is 5.89. The number of aromatic nitrogens is 1. The number of nitrogens with zero attached hydrogens (tertiary/aromatic N) is 1. The van der Waals surface area contributed by atoms with Crippen molar-refractivity contribution in [3.05, 3.63) is 89.0 Å². The van der Waals surface area contributed by atoms with Crippen LogP contribution >= 0.6 is 0 Å². The number of amides is 2. The van der Waals surface area contributed by atoms with Crippen molar-refractivity contribution in [2.45, 2.75) is 38.8 Å². The van der Waals surface area contributed by atoms with Gasteiger partial charge >= 0.3 is 0 Å². The summed E-state index contributed by atoms with van der Waals surface area (Å²) in [4.78, 5) is 26.0. The van der Waals surface area contributed by atoms with Gasteiger partial charge in [0.25, 0.3) is 0 Å². The number of para-hydroxylation sites is 2. The van der Waals surface area contributed by atoms with Crippen LogP contribution in [0.5, 0.6) is 5.75 Å². The van der Waals surface area contributed by atoms with E-state index in [1.165, 1.54) is 11.1 Å². The number of allylic oxidation sites excluding steroid dienone is 2.